The Bertz CT molecular complexity index is 1240. The largest absolute Gasteiger partial charge is 0.741 e. The zero-order chi connectivity index (χ0) is 26.5. The van der Waals surface area contributed by atoms with Gasteiger partial charge in [-0.05, 0) is 24.3 Å². The Hall–Kier alpha value is -2.27. The predicted molar refractivity (Wildman–Crippen MR) is 95.8 cm³/mol. The second-order valence-corrected chi connectivity index (χ2v) is 9.74. The van der Waals surface area contributed by atoms with Crippen molar-refractivity contribution in [3.05, 3.63) is 48.5 Å². The van der Waals surface area contributed by atoms with Gasteiger partial charge in [0.1, 0.15) is 0 Å². The van der Waals surface area contributed by atoms with Gasteiger partial charge in [-0.3, -0.25) is 0 Å². The van der Waals surface area contributed by atoms with Gasteiger partial charge in [-0.25, -0.2) is 8.42 Å². The molecule has 0 saturated carbocycles. The first-order chi connectivity index (χ1) is 15.1. The van der Waals surface area contributed by atoms with Crippen molar-refractivity contribution < 1.29 is 65.7 Å². The number of hydrogen-bond donors (Lipinski definition) is 0. The molecule has 34 heavy (non-hydrogen) atoms. The summed E-state index contributed by atoms with van der Waals surface area (Å²) in [6, 6.07) is 9.96. The number of halogens is 12. The fourth-order valence-electron chi connectivity index (χ4n) is 2.62. The van der Waals surface area contributed by atoms with Gasteiger partial charge >= 0.3 is 28.8 Å². The molecule has 0 amide bonds. The van der Waals surface area contributed by atoms with Crippen LogP contribution in [0.5, 0.6) is 0 Å². The van der Waals surface area contributed by atoms with Gasteiger partial charge in [0.2, 0.25) is 0 Å². The number of rotatable bonds is 3. The van der Waals surface area contributed by atoms with Crippen LogP contribution in [0.3, 0.4) is 0 Å². The Morgan fingerprint density at radius 2 is 0.941 bits per heavy atom. The van der Waals surface area contributed by atoms with E-state index >= 15 is 0 Å². The van der Waals surface area contributed by atoms with Crippen LogP contribution in [0.25, 0.3) is 20.2 Å². The summed E-state index contributed by atoms with van der Waals surface area (Å²) in [6.07, 6.45) is -6.83. The molecule has 17 heteroatoms. The lowest BCUT2D eigenvalue weighted by Crippen LogP contribution is -2.58. The Balaban J connectivity index is 0.000000440. The van der Waals surface area contributed by atoms with Crippen LogP contribution in [0, 0.1) is 0 Å². The average Bonchev–Trinajstić information content (AvgIpc) is 3.01. The van der Waals surface area contributed by atoms with Crippen molar-refractivity contribution in [2.75, 3.05) is 0 Å². The van der Waals surface area contributed by atoms with Crippen LogP contribution < -0.4 is 0 Å². The molecule has 0 aliphatic rings. The lowest BCUT2D eigenvalue weighted by molar-refractivity contribution is -0.390. The summed E-state index contributed by atoms with van der Waals surface area (Å²) in [4.78, 5) is 0. The number of hydrogen-bond acceptors (Lipinski definition) is 3. The molecule has 0 fully saturated rings. The van der Waals surface area contributed by atoms with E-state index in [-0.39, 0.29) is 10.8 Å². The highest BCUT2D eigenvalue weighted by molar-refractivity contribution is 7.86. The molecule has 1 heterocycles. The van der Waals surface area contributed by atoms with Crippen molar-refractivity contribution in [3.63, 3.8) is 0 Å². The van der Waals surface area contributed by atoms with Crippen LogP contribution in [0.2, 0.25) is 0 Å². The van der Waals surface area contributed by atoms with Crippen molar-refractivity contribution in [1.82, 2.24) is 0 Å². The van der Waals surface area contributed by atoms with Crippen molar-refractivity contribution in [3.8, 4) is 0 Å². The molecule has 2 aromatic carbocycles. The monoisotopic (exact) mass is 552 g/mol. The van der Waals surface area contributed by atoms with Crippen molar-refractivity contribution in [1.29, 1.82) is 0 Å². The Morgan fingerprint density at radius 3 is 1.24 bits per heavy atom. The molecule has 0 aliphatic carbocycles. The van der Waals surface area contributed by atoms with E-state index in [1.807, 2.05) is 0 Å². The SMILES string of the molecule is FC(F)(F)C(F)(F)C(F)(F)C(F)(F)[s+]1c2ccccc2c2ccccc21.O=S(=O)([O-])C(F)(F)F. The molecule has 0 N–H and O–H groups in total. The van der Waals surface area contributed by atoms with Gasteiger partial charge in [0.05, 0.1) is 10.5 Å². The Morgan fingerprint density at radius 1 is 0.618 bits per heavy atom. The highest BCUT2D eigenvalue weighted by Gasteiger charge is 2.86. The third kappa shape index (κ3) is 4.51. The van der Waals surface area contributed by atoms with Crippen LogP contribution >= 0.6 is 10.5 Å². The fourth-order valence-corrected chi connectivity index (χ4v) is 5.02. The summed E-state index contributed by atoms with van der Waals surface area (Å²) >= 11 is 0. The fraction of sp³-hybridized carbons (Fsp3) is 0.294. The van der Waals surface area contributed by atoms with Gasteiger partial charge < -0.3 is 4.55 Å². The first-order valence-corrected chi connectivity index (χ1v) is 10.9. The van der Waals surface area contributed by atoms with Gasteiger partial charge in [0, 0.05) is 10.8 Å². The molecule has 190 valence electrons. The molecule has 0 radical (unpaired) electrons. The Kier molecular flexibility index (Phi) is 6.94. The smallest absolute Gasteiger partial charge is 0.503 e. The van der Waals surface area contributed by atoms with Crippen molar-refractivity contribution in [2.45, 2.75) is 28.8 Å². The van der Waals surface area contributed by atoms with Crippen LogP contribution in [0.15, 0.2) is 48.5 Å². The highest BCUT2D eigenvalue weighted by atomic mass is 32.2. The van der Waals surface area contributed by atoms with Crippen LogP contribution in [-0.2, 0) is 15.4 Å². The van der Waals surface area contributed by atoms with E-state index in [1.165, 1.54) is 36.4 Å². The molecular weight excluding hydrogens is 544 g/mol. The number of alkyl halides is 12. The van der Waals surface area contributed by atoms with Crippen LogP contribution in [-0.4, -0.2) is 36.5 Å². The predicted octanol–water partition coefficient (Wildman–Crippen LogP) is 7.18. The van der Waals surface area contributed by atoms with Gasteiger partial charge in [-0.15, -0.1) is 8.78 Å². The number of benzene rings is 2. The summed E-state index contributed by atoms with van der Waals surface area (Å²) in [7, 11) is -9.09. The molecule has 1 aromatic heterocycles. The van der Waals surface area contributed by atoms with Crippen molar-refractivity contribution >= 4 is 40.8 Å². The molecule has 0 atom stereocenters. The minimum atomic E-state index is -6.90. The van der Waals surface area contributed by atoms with Crippen molar-refractivity contribution in [2.24, 2.45) is 0 Å². The second-order valence-electron chi connectivity index (χ2n) is 6.36. The van der Waals surface area contributed by atoms with Gasteiger partial charge in [0.25, 0.3) is 0 Å². The molecule has 0 bridgehead atoms. The second kappa shape index (κ2) is 8.44. The maximum absolute atomic E-state index is 14.6. The minimum absolute atomic E-state index is 0.0947. The number of thiophene rings is 1. The lowest BCUT2D eigenvalue weighted by Gasteiger charge is -2.29. The van der Waals surface area contributed by atoms with E-state index in [2.05, 4.69) is 0 Å². The summed E-state index contributed by atoms with van der Waals surface area (Å²) in [6.45, 7) is 0. The quantitative estimate of drug-likeness (QED) is 0.150. The zero-order valence-electron chi connectivity index (χ0n) is 15.7. The maximum Gasteiger partial charge on any atom is 0.503 e. The van der Waals surface area contributed by atoms with E-state index in [9.17, 15) is 52.7 Å². The molecular formula is C17H8F12O3S2. The van der Waals surface area contributed by atoms with E-state index in [4.69, 9.17) is 13.0 Å². The van der Waals surface area contributed by atoms with E-state index < -0.39 is 58.8 Å². The normalized spacial score (nSPS) is 14.3. The maximum atomic E-state index is 14.6. The van der Waals surface area contributed by atoms with E-state index in [0.29, 0.717) is 0 Å². The molecule has 3 rings (SSSR count). The average molecular weight is 552 g/mol. The molecule has 3 aromatic rings. The summed E-state index contributed by atoms with van der Waals surface area (Å²) < 4.78 is 179. The third-order valence-corrected chi connectivity index (χ3v) is 7.09. The third-order valence-electron chi connectivity index (χ3n) is 4.16. The molecule has 0 saturated heterocycles. The lowest BCUT2D eigenvalue weighted by atomic mass is 10.1. The van der Waals surface area contributed by atoms with E-state index in [0.717, 1.165) is 12.1 Å². The van der Waals surface area contributed by atoms with Crippen LogP contribution in [0.1, 0.15) is 0 Å². The molecule has 0 spiro atoms. The van der Waals surface area contributed by atoms with Gasteiger partial charge in [-0.2, -0.15) is 43.9 Å². The highest BCUT2D eigenvalue weighted by Crippen LogP contribution is 2.64. The van der Waals surface area contributed by atoms with E-state index in [1.54, 1.807) is 0 Å². The molecule has 0 aliphatic heterocycles. The first-order valence-electron chi connectivity index (χ1n) is 8.24. The molecule has 3 nitrogen and oxygen atoms in total. The van der Waals surface area contributed by atoms with Gasteiger partial charge in [0.15, 0.2) is 19.5 Å². The first kappa shape index (κ1) is 28.0. The minimum Gasteiger partial charge on any atom is -0.741 e. The summed E-state index contributed by atoms with van der Waals surface area (Å²) in [5, 5.41) is -5.48. The van der Waals surface area contributed by atoms with Crippen LogP contribution in [0.4, 0.5) is 52.7 Å². The summed E-state index contributed by atoms with van der Waals surface area (Å²) in [5.74, 6) is -13.5. The molecule has 0 unspecified atom stereocenters. The Labute approximate surface area is 184 Å². The van der Waals surface area contributed by atoms with Gasteiger partial charge in [-0.1, -0.05) is 24.3 Å². The zero-order valence-corrected chi connectivity index (χ0v) is 17.3. The topological polar surface area (TPSA) is 57.2 Å². The summed E-state index contributed by atoms with van der Waals surface area (Å²) in [5.41, 5.74) is -5.65. The standard InChI is InChI=1S/C16H8F9S.CHF3O3S/c17-13(18,15(21,22)23)14(19,20)16(24,25)26-11-7-3-1-5-9(11)10-6-2-4-8-12(10)26;2-1(3,4)8(5,6)7/h1-8H;(H,5,6,7)/q+1;/p-1. The number of fused-ring (bicyclic) bond motifs is 3.